The van der Waals surface area contributed by atoms with Crippen LogP contribution in [-0.2, 0) is 16.0 Å². The molecule has 7 nitrogen and oxygen atoms in total. The lowest BCUT2D eigenvalue weighted by Crippen LogP contribution is -2.30. The highest BCUT2D eigenvalue weighted by atomic mass is 16.5. The lowest BCUT2D eigenvalue weighted by molar-refractivity contribution is -0.121. The molecule has 0 radical (unpaired) electrons. The Morgan fingerprint density at radius 2 is 1.92 bits per heavy atom. The van der Waals surface area contributed by atoms with Crippen LogP contribution in [-0.4, -0.2) is 33.8 Å². The van der Waals surface area contributed by atoms with Crippen LogP contribution in [0.3, 0.4) is 0 Å². The molecule has 1 atom stereocenters. The van der Waals surface area contributed by atoms with Gasteiger partial charge in [-0.1, -0.05) is 50.1 Å². The second kappa shape index (κ2) is 12.2. The van der Waals surface area contributed by atoms with E-state index in [9.17, 15) is 9.59 Å². The number of hydrogen-bond acceptors (Lipinski definition) is 4. The van der Waals surface area contributed by atoms with Gasteiger partial charge in [0.2, 0.25) is 5.91 Å². The molecular weight excluding hydrogens is 452 g/mol. The third-order valence-corrected chi connectivity index (χ3v) is 6.51. The third-order valence-electron chi connectivity index (χ3n) is 6.51. The third kappa shape index (κ3) is 6.42. The van der Waals surface area contributed by atoms with Crippen LogP contribution in [0.4, 0.5) is 0 Å². The second-order valence-electron chi connectivity index (χ2n) is 9.06. The molecule has 0 aliphatic carbocycles. The minimum absolute atomic E-state index is 0.0597. The van der Waals surface area contributed by atoms with E-state index in [4.69, 9.17) is 4.74 Å². The van der Waals surface area contributed by atoms with E-state index < -0.39 is 0 Å². The van der Waals surface area contributed by atoms with E-state index in [-0.39, 0.29) is 18.4 Å². The van der Waals surface area contributed by atoms with E-state index in [2.05, 4.69) is 20.3 Å². The predicted molar refractivity (Wildman–Crippen MR) is 142 cm³/mol. The smallest absolute Gasteiger partial charge is 0.225 e. The summed E-state index contributed by atoms with van der Waals surface area (Å²) in [6.45, 7) is 1.90. The molecule has 2 aromatic carbocycles. The quantitative estimate of drug-likeness (QED) is 0.205. The maximum absolute atomic E-state index is 13.1. The first kappa shape index (κ1) is 25.2. The average Bonchev–Trinajstić information content (AvgIpc) is 3.55. The number of unbranched alkanes of at least 4 members (excludes halogenated alkanes) is 2. The fourth-order valence-corrected chi connectivity index (χ4v) is 4.44. The molecule has 188 valence electrons. The molecule has 0 aliphatic heterocycles. The van der Waals surface area contributed by atoms with Gasteiger partial charge in [-0.05, 0) is 36.1 Å². The number of carbonyl (C=O) groups excluding carboxylic acids is 2. The van der Waals surface area contributed by atoms with Crippen molar-refractivity contribution in [1.29, 1.82) is 0 Å². The summed E-state index contributed by atoms with van der Waals surface area (Å²) in [6.07, 6.45) is 8.63. The van der Waals surface area contributed by atoms with E-state index in [0.717, 1.165) is 65.0 Å². The Bertz CT molecular complexity index is 1290. The average molecular weight is 487 g/mol. The van der Waals surface area contributed by atoms with Crippen molar-refractivity contribution >= 4 is 22.6 Å². The van der Waals surface area contributed by atoms with Crippen LogP contribution in [0.5, 0.6) is 5.75 Å². The number of amides is 1. The van der Waals surface area contributed by atoms with Crippen LogP contribution in [0.1, 0.15) is 62.9 Å². The number of nitrogens with zero attached hydrogens (tertiary/aromatic N) is 1. The minimum atomic E-state index is -0.234. The highest BCUT2D eigenvalue weighted by Gasteiger charge is 2.19. The van der Waals surface area contributed by atoms with E-state index in [1.54, 1.807) is 7.11 Å². The van der Waals surface area contributed by atoms with Crippen molar-refractivity contribution in [1.82, 2.24) is 20.3 Å². The zero-order chi connectivity index (χ0) is 25.3. The number of nitrogens with one attached hydrogen (secondary N) is 3. The van der Waals surface area contributed by atoms with Crippen LogP contribution in [0.2, 0.25) is 0 Å². The summed E-state index contributed by atoms with van der Waals surface area (Å²) < 4.78 is 5.29. The number of ether oxygens (including phenoxy) is 1. The molecule has 4 aromatic rings. The van der Waals surface area contributed by atoms with Gasteiger partial charge >= 0.3 is 0 Å². The molecule has 3 N–H and O–H groups in total. The molecule has 36 heavy (non-hydrogen) atoms. The number of H-pyrrole nitrogens is 2. The topological polar surface area (TPSA) is 99.9 Å². The number of carbonyl (C=O) groups is 2. The molecule has 2 aromatic heterocycles. The summed E-state index contributed by atoms with van der Waals surface area (Å²) in [5, 5.41) is 4.20. The van der Waals surface area contributed by atoms with Crippen molar-refractivity contribution < 1.29 is 14.3 Å². The lowest BCUT2D eigenvalue weighted by Gasteiger charge is -2.17. The fraction of sp³-hybridized carbons (Fsp3) is 0.345. The molecule has 0 saturated carbocycles. The Labute approximate surface area is 211 Å². The van der Waals surface area contributed by atoms with Gasteiger partial charge in [0, 0.05) is 36.0 Å². The Morgan fingerprint density at radius 1 is 1.08 bits per heavy atom. The summed E-state index contributed by atoms with van der Waals surface area (Å²) in [5.41, 5.74) is 3.85. The first-order valence-electron chi connectivity index (χ1n) is 12.6. The molecule has 7 heteroatoms. The summed E-state index contributed by atoms with van der Waals surface area (Å²) in [6, 6.07) is 15.6. The molecule has 0 bridgehead atoms. The van der Waals surface area contributed by atoms with Gasteiger partial charge in [0.25, 0.3) is 0 Å². The molecule has 0 fully saturated rings. The normalized spacial score (nSPS) is 11.9. The first-order valence-corrected chi connectivity index (χ1v) is 12.6. The van der Waals surface area contributed by atoms with Gasteiger partial charge in [-0.3, -0.25) is 9.59 Å². The van der Waals surface area contributed by atoms with E-state index in [0.29, 0.717) is 18.6 Å². The van der Waals surface area contributed by atoms with Crippen LogP contribution in [0.25, 0.3) is 22.2 Å². The van der Waals surface area contributed by atoms with Crippen LogP contribution < -0.4 is 10.1 Å². The van der Waals surface area contributed by atoms with E-state index >= 15 is 0 Å². The summed E-state index contributed by atoms with van der Waals surface area (Å²) in [7, 11) is 1.64. The first-order chi connectivity index (χ1) is 17.6. The largest absolute Gasteiger partial charge is 0.497 e. The van der Waals surface area contributed by atoms with E-state index in [1.165, 1.54) is 0 Å². The van der Waals surface area contributed by atoms with Crippen molar-refractivity contribution in [2.75, 3.05) is 7.11 Å². The number of aromatic amines is 2. The maximum Gasteiger partial charge on any atom is 0.225 e. The Morgan fingerprint density at radius 3 is 2.69 bits per heavy atom. The molecule has 0 saturated heterocycles. The fourth-order valence-electron chi connectivity index (χ4n) is 4.44. The predicted octanol–water partition coefficient (Wildman–Crippen LogP) is 5.90. The molecule has 0 aliphatic rings. The minimum Gasteiger partial charge on any atom is -0.497 e. The summed E-state index contributed by atoms with van der Waals surface area (Å²) in [5.74, 6) is 1.76. The lowest BCUT2D eigenvalue weighted by atomic mass is 10.0. The van der Waals surface area contributed by atoms with Gasteiger partial charge in [0.1, 0.15) is 17.4 Å². The van der Waals surface area contributed by atoms with Crippen molar-refractivity contribution in [3.05, 3.63) is 72.3 Å². The van der Waals surface area contributed by atoms with Crippen LogP contribution in [0.15, 0.2) is 60.9 Å². The molecular formula is C29H34N4O3. The van der Waals surface area contributed by atoms with Gasteiger partial charge < -0.3 is 20.0 Å². The van der Waals surface area contributed by atoms with Crippen LogP contribution >= 0.6 is 0 Å². The van der Waals surface area contributed by atoms with Crippen molar-refractivity contribution in [3.63, 3.8) is 0 Å². The standard InChI is InChI=1S/C29H34N4O3/c1-3-22(34)12-8-5-9-13-25(29-31-19-27(33-29)20-10-6-4-7-11-20)32-28(35)16-21-18-30-26-17-23(36-2)14-15-24(21)26/h4,6-7,10-11,14-15,17-19,25,30H,3,5,8-9,12-13,16H2,1-2H3,(H,31,33)(H,32,35)/t25-/m0/s1. The van der Waals surface area contributed by atoms with Gasteiger partial charge in [-0.15, -0.1) is 0 Å². The number of benzene rings is 2. The molecule has 1 amide bonds. The van der Waals surface area contributed by atoms with Gasteiger partial charge in [-0.2, -0.15) is 0 Å². The molecule has 0 spiro atoms. The highest BCUT2D eigenvalue weighted by molar-refractivity contribution is 5.89. The van der Waals surface area contributed by atoms with Gasteiger partial charge in [0.15, 0.2) is 0 Å². The zero-order valence-electron chi connectivity index (χ0n) is 21.0. The SMILES string of the molecule is CCC(=O)CCCCC[C@H](NC(=O)Cc1c[nH]c2cc(OC)ccc12)c1ncc(-c2ccccc2)[nH]1. The Balaban J connectivity index is 1.44. The highest BCUT2D eigenvalue weighted by Crippen LogP contribution is 2.25. The Kier molecular flexibility index (Phi) is 8.55. The summed E-state index contributed by atoms with van der Waals surface area (Å²) in [4.78, 5) is 36.0. The number of hydrogen-bond donors (Lipinski definition) is 3. The Hall–Kier alpha value is -3.87. The molecule has 2 heterocycles. The number of ketones is 1. The van der Waals surface area contributed by atoms with E-state index in [1.807, 2.05) is 67.8 Å². The zero-order valence-corrected chi connectivity index (χ0v) is 21.0. The van der Waals surface area contributed by atoms with Crippen molar-refractivity contribution in [2.24, 2.45) is 0 Å². The molecule has 4 rings (SSSR count). The second-order valence-corrected chi connectivity index (χ2v) is 9.06. The van der Waals surface area contributed by atoms with Crippen molar-refractivity contribution in [2.45, 2.75) is 57.9 Å². The number of Topliss-reactive ketones (excluding diaryl/α,β-unsaturated/α-hetero) is 1. The number of fused-ring (bicyclic) bond motifs is 1. The maximum atomic E-state index is 13.1. The van der Waals surface area contributed by atoms with Gasteiger partial charge in [-0.25, -0.2) is 4.98 Å². The van der Waals surface area contributed by atoms with Crippen molar-refractivity contribution in [3.8, 4) is 17.0 Å². The monoisotopic (exact) mass is 486 g/mol. The number of imidazole rings is 1. The van der Waals surface area contributed by atoms with Gasteiger partial charge in [0.05, 0.1) is 31.5 Å². The number of methoxy groups -OCH3 is 1. The van der Waals surface area contributed by atoms with Crippen LogP contribution in [0, 0.1) is 0 Å². The summed E-state index contributed by atoms with van der Waals surface area (Å²) >= 11 is 0. The number of rotatable bonds is 13. The molecule has 0 unspecified atom stereocenters. The number of aromatic nitrogens is 3.